The number of methoxy groups -OCH3 is 1. The van der Waals surface area contributed by atoms with Crippen LogP contribution in [-0.4, -0.2) is 14.2 Å². The first-order chi connectivity index (χ1) is 9.15. The predicted molar refractivity (Wildman–Crippen MR) is 87.2 cm³/mol. The van der Waals surface area contributed by atoms with Crippen LogP contribution >= 0.6 is 38.5 Å². The van der Waals surface area contributed by atoms with Gasteiger partial charge in [-0.05, 0) is 65.5 Å². The van der Waals surface area contributed by atoms with Gasteiger partial charge < -0.3 is 14.5 Å². The minimum absolute atomic E-state index is 0.0370. The highest BCUT2D eigenvalue weighted by Crippen LogP contribution is 2.29. The van der Waals surface area contributed by atoms with Gasteiger partial charge >= 0.3 is 0 Å². The molecule has 1 heterocycles. The topological polar surface area (TPSA) is 34.4 Å². The summed E-state index contributed by atoms with van der Waals surface area (Å²) in [6.07, 6.45) is 0. The standard InChI is InChI=1S/C14H15BrINO2/c1-17-14(11-7-9(15)3-5-12(11)16)13-6-4-10(19-13)8-18-2/h3-7,14,17H,8H2,1-2H3. The summed E-state index contributed by atoms with van der Waals surface area (Å²) < 4.78 is 13.2. The third-order valence-electron chi connectivity index (χ3n) is 2.81. The number of nitrogens with one attached hydrogen (secondary N) is 1. The lowest BCUT2D eigenvalue weighted by Gasteiger charge is -2.16. The average molecular weight is 436 g/mol. The number of benzene rings is 1. The molecule has 1 N–H and O–H groups in total. The fourth-order valence-corrected chi connectivity index (χ4v) is 2.98. The molecule has 1 atom stereocenters. The zero-order valence-corrected chi connectivity index (χ0v) is 14.5. The lowest BCUT2D eigenvalue weighted by Crippen LogP contribution is -2.18. The molecule has 0 amide bonds. The van der Waals surface area contributed by atoms with E-state index in [2.05, 4.69) is 56.0 Å². The molecule has 0 aliphatic carbocycles. The maximum absolute atomic E-state index is 5.82. The third kappa shape index (κ3) is 3.59. The predicted octanol–water partition coefficient (Wildman–Crippen LogP) is 4.10. The summed E-state index contributed by atoms with van der Waals surface area (Å²) in [5.41, 5.74) is 1.19. The minimum atomic E-state index is 0.0370. The molecule has 0 aliphatic heterocycles. The van der Waals surface area contributed by atoms with Crippen molar-refractivity contribution in [3.8, 4) is 0 Å². The quantitative estimate of drug-likeness (QED) is 0.718. The van der Waals surface area contributed by atoms with Crippen molar-refractivity contribution >= 4 is 38.5 Å². The number of ether oxygens (including phenoxy) is 1. The van der Waals surface area contributed by atoms with Gasteiger partial charge in [-0.25, -0.2) is 0 Å². The van der Waals surface area contributed by atoms with Crippen LogP contribution in [0.3, 0.4) is 0 Å². The molecule has 19 heavy (non-hydrogen) atoms. The Kier molecular flexibility index (Phi) is 5.44. The fourth-order valence-electron chi connectivity index (χ4n) is 1.96. The highest BCUT2D eigenvalue weighted by atomic mass is 127. The van der Waals surface area contributed by atoms with Gasteiger partial charge in [0.05, 0.1) is 6.04 Å². The van der Waals surface area contributed by atoms with Crippen molar-refractivity contribution < 1.29 is 9.15 Å². The second-order valence-corrected chi connectivity index (χ2v) is 6.20. The van der Waals surface area contributed by atoms with Crippen LogP contribution in [0.15, 0.2) is 39.2 Å². The van der Waals surface area contributed by atoms with E-state index in [0.717, 1.165) is 16.0 Å². The van der Waals surface area contributed by atoms with Gasteiger partial charge in [0, 0.05) is 15.2 Å². The molecule has 0 fully saturated rings. The van der Waals surface area contributed by atoms with Gasteiger partial charge in [-0.1, -0.05) is 15.9 Å². The van der Waals surface area contributed by atoms with Gasteiger partial charge in [0.2, 0.25) is 0 Å². The number of halogens is 2. The molecule has 0 radical (unpaired) electrons. The van der Waals surface area contributed by atoms with Crippen LogP contribution in [-0.2, 0) is 11.3 Å². The summed E-state index contributed by atoms with van der Waals surface area (Å²) in [7, 11) is 3.59. The van der Waals surface area contributed by atoms with Crippen molar-refractivity contribution in [2.45, 2.75) is 12.6 Å². The summed E-state index contributed by atoms with van der Waals surface area (Å²) in [6.45, 7) is 0.492. The molecule has 0 bridgehead atoms. The van der Waals surface area contributed by atoms with Crippen LogP contribution in [0.25, 0.3) is 0 Å². The fraction of sp³-hybridized carbons (Fsp3) is 0.286. The molecule has 1 aromatic carbocycles. The van der Waals surface area contributed by atoms with Crippen molar-refractivity contribution in [3.05, 3.63) is 55.5 Å². The van der Waals surface area contributed by atoms with E-state index in [-0.39, 0.29) is 6.04 Å². The maximum Gasteiger partial charge on any atom is 0.129 e. The van der Waals surface area contributed by atoms with E-state index in [0.29, 0.717) is 6.61 Å². The number of furan rings is 1. The first kappa shape index (κ1) is 15.0. The molecule has 0 aliphatic rings. The third-order valence-corrected chi connectivity index (χ3v) is 4.29. The Hall–Kier alpha value is -0.370. The Morgan fingerprint density at radius 2 is 2.16 bits per heavy atom. The smallest absolute Gasteiger partial charge is 0.129 e. The summed E-state index contributed by atoms with van der Waals surface area (Å²) in [5, 5.41) is 3.30. The maximum atomic E-state index is 5.82. The lowest BCUT2D eigenvalue weighted by atomic mass is 10.1. The van der Waals surface area contributed by atoms with Crippen molar-refractivity contribution in [2.75, 3.05) is 14.2 Å². The SMILES string of the molecule is CNC(c1ccc(COC)o1)c1cc(Br)ccc1I. The highest BCUT2D eigenvalue weighted by Gasteiger charge is 2.18. The molecule has 2 aromatic rings. The van der Waals surface area contributed by atoms with Crippen LogP contribution < -0.4 is 5.32 Å². The van der Waals surface area contributed by atoms with Crippen LogP contribution in [0.1, 0.15) is 23.1 Å². The molecular weight excluding hydrogens is 421 g/mol. The Morgan fingerprint density at radius 1 is 1.37 bits per heavy atom. The molecule has 0 saturated carbocycles. The normalized spacial score (nSPS) is 12.6. The van der Waals surface area contributed by atoms with E-state index in [1.807, 2.05) is 25.2 Å². The van der Waals surface area contributed by atoms with E-state index in [4.69, 9.17) is 9.15 Å². The van der Waals surface area contributed by atoms with E-state index < -0.39 is 0 Å². The second-order valence-electron chi connectivity index (χ2n) is 4.12. The molecule has 0 saturated heterocycles. The molecular formula is C14H15BrINO2. The molecule has 3 nitrogen and oxygen atoms in total. The molecule has 2 rings (SSSR count). The zero-order chi connectivity index (χ0) is 13.8. The van der Waals surface area contributed by atoms with Gasteiger partial charge in [0.1, 0.15) is 18.1 Å². The largest absolute Gasteiger partial charge is 0.462 e. The van der Waals surface area contributed by atoms with Gasteiger partial charge in [-0.2, -0.15) is 0 Å². The summed E-state index contributed by atoms with van der Waals surface area (Å²) in [5.74, 6) is 1.73. The van der Waals surface area contributed by atoms with Crippen molar-refractivity contribution in [3.63, 3.8) is 0 Å². The zero-order valence-electron chi connectivity index (χ0n) is 10.7. The molecule has 5 heteroatoms. The van der Waals surface area contributed by atoms with E-state index >= 15 is 0 Å². The lowest BCUT2D eigenvalue weighted by molar-refractivity contribution is 0.162. The van der Waals surface area contributed by atoms with Crippen molar-refractivity contribution in [1.29, 1.82) is 0 Å². The van der Waals surface area contributed by atoms with E-state index in [9.17, 15) is 0 Å². The average Bonchev–Trinajstić information content (AvgIpc) is 2.83. The molecule has 0 spiro atoms. The van der Waals surface area contributed by atoms with Gasteiger partial charge in [-0.15, -0.1) is 0 Å². The Morgan fingerprint density at radius 3 is 2.84 bits per heavy atom. The summed E-state index contributed by atoms with van der Waals surface area (Å²) in [4.78, 5) is 0. The first-order valence-corrected chi connectivity index (χ1v) is 7.72. The number of rotatable bonds is 5. The Labute approximate surface area is 135 Å². The van der Waals surface area contributed by atoms with Gasteiger partial charge in [0.25, 0.3) is 0 Å². The van der Waals surface area contributed by atoms with Gasteiger partial charge in [0.15, 0.2) is 0 Å². The molecule has 1 aromatic heterocycles. The summed E-state index contributed by atoms with van der Waals surface area (Å²) >= 11 is 5.85. The second kappa shape index (κ2) is 6.88. The van der Waals surface area contributed by atoms with E-state index in [1.54, 1.807) is 7.11 Å². The first-order valence-electron chi connectivity index (χ1n) is 5.85. The van der Waals surface area contributed by atoms with E-state index in [1.165, 1.54) is 9.13 Å². The van der Waals surface area contributed by atoms with Crippen LogP contribution in [0.5, 0.6) is 0 Å². The number of hydrogen-bond acceptors (Lipinski definition) is 3. The summed E-state index contributed by atoms with van der Waals surface area (Å²) in [6, 6.07) is 10.2. The molecule has 102 valence electrons. The Bertz CT molecular complexity index is 556. The monoisotopic (exact) mass is 435 g/mol. The van der Waals surface area contributed by atoms with Crippen LogP contribution in [0, 0.1) is 3.57 Å². The number of hydrogen-bond donors (Lipinski definition) is 1. The van der Waals surface area contributed by atoms with Crippen LogP contribution in [0.4, 0.5) is 0 Å². The molecule has 1 unspecified atom stereocenters. The minimum Gasteiger partial charge on any atom is -0.462 e. The highest BCUT2D eigenvalue weighted by molar-refractivity contribution is 14.1. The van der Waals surface area contributed by atoms with Crippen LogP contribution in [0.2, 0.25) is 0 Å². The Balaban J connectivity index is 2.35. The van der Waals surface area contributed by atoms with Crippen molar-refractivity contribution in [1.82, 2.24) is 5.32 Å². The van der Waals surface area contributed by atoms with Crippen molar-refractivity contribution in [2.24, 2.45) is 0 Å². The van der Waals surface area contributed by atoms with Gasteiger partial charge in [-0.3, -0.25) is 0 Å².